The van der Waals surface area contributed by atoms with Crippen LogP contribution in [0.3, 0.4) is 0 Å². The fraction of sp³-hybridized carbons (Fsp3) is 0.273. The van der Waals surface area contributed by atoms with E-state index in [0.717, 1.165) is 22.0 Å². The number of aromatic nitrogens is 2. The number of amides is 1. The topological polar surface area (TPSA) is 81.6 Å². The molecule has 2 aromatic heterocycles. The second-order valence-corrected chi connectivity index (χ2v) is 7.72. The Morgan fingerprint density at radius 2 is 2.13 bits per heavy atom. The molecule has 0 saturated carbocycles. The van der Waals surface area contributed by atoms with Crippen molar-refractivity contribution >= 4 is 28.9 Å². The fourth-order valence-electron chi connectivity index (χ4n) is 3.39. The van der Waals surface area contributed by atoms with Crippen LogP contribution in [0.4, 0.5) is 5.69 Å². The largest absolute Gasteiger partial charge is 0.478 e. The van der Waals surface area contributed by atoms with Gasteiger partial charge in [-0.15, -0.1) is 11.3 Å². The average molecular weight is 423 g/mol. The van der Waals surface area contributed by atoms with E-state index in [1.54, 1.807) is 13.1 Å². The molecule has 8 heteroatoms. The van der Waals surface area contributed by atoms with E-state index in [9.17, 15) is 9.59 Å². The highest BCUT2D eigenvalue weighted by atomic mass is 32.1. The summed E-state index contributed by atoms with van der Waals surface area (Å²) in [6.07, 6.45) is 1.60. The van der Waals surface area contributed by atoms with Crippen LogP contribution >= 0.6 is 11.3 Å². The fourth-order valence-corrected chi connectivity index (χ4v) is 4.19. The maximum Gasteiger partial charge on any atom is 0.328 e. The number of carbonyl (C=O) groups is 2. The van der Waals surface area contributed by atoms with Gasteiger partial charge in [0.15, 0.2) is 6.10 Å². The summed E-state index contributed by atoms with van der Waals surface area (Å²) in [6, 6.07) is 10.5. The Bertz CT molecular complexity index is 1080. The second-order valence-electron chi connectivity index (χ2n) is 6.86. The van der Waals surface area contributed by atoms with Crippen molar-refractivity contribution in [3.8, 4) is 27.7 Å². The van der Waals surface area contributed by atoms with Crippen LogP contribution < -0.4 is 9.64 Å². The van der Waals surface area contributed by atoms with Crippen molar-refractivity contribution in [3.05, 3.63) is 48.0 Å². The number of esters is 1. The van der Waals surface area contributed by atoms with E-state index < -0.39 is 18.1 Å². The molecule has 0 spiro atoms. The van der Waals surface area contributed by atoms with Gasteiger partial charge in [0.1, 0.15) is 16.8 Å². The minimum atomic E-state index is -0.769. The van der Waals surface area contributed by atoms with Crippen LogP contribution in [0.5, 0.6) is 5.75 Å². The molecule has 0 saturated heterocycles. The number of anilines is 1. The van der Waals surface area contributed by atoms with Crippen LogP contribution in [-0.4, -0.2) is 41.1 Å². The van der Waals surface area contributed by atoms with Crippen LogP contribution in [0.2, 0.25) is 0 Å². The van der Waals surface area contributed by atoms with Crippen molar-refractivity contribution in [2.24, 2.45) is 0 Å². The quantitative estimate of drug-likeness (QED) is 0.578. The van der Waals surface area contributed by atoms with Gasteiger partial charge < -0.3 is 9.47 Å². The molecule has 4 rings (SSSR count). The number of carbonyl (C=O) groups excluding carboxylic acids is 2. The second kappa shape index (κ2) is 8.23. The summed E-state index contributed by atoms with van der Waals surface area (Å²) in [7, 11) is 1.31. The van der Waals surface area contributed by atoms with Crippen LogP contribution in [0.1, 0.15) is 20.3 Å². The van der Waals surface area contributed by atoms with Crippen molar-refractivity contribution in [2.45, 2.75) is 32.4 Å². The van der Waals surface area contributed by atoms with E-state index in [2.05, 4.69) is 4.98 Å². The third-order valence-electron chi connectivity index (χ3n) is 4.98. The zero-order valence-corrected chi connectivity index (χ0v) is 17.7. The smallest absolute Gasteiger partial charge is 0.328 e. The van der Waals surface area contributed by atoms with Gasteiger partial charge in [-0.1, -0.05) is 13.0 Å². The third kappa shape index (κ3) is 3.54. The number of hydrogen-bond donors (Lipinski definition) is 0. The molecule has 2 unspecified atom stereocenters. The van der Waals surface area contributed by atoms with Gasteiger partial charge in [-0.05, 0) is 43.7 Å². The van der Waals surface area contributed by atoms with E-state index in [1.807, 2.05) is 48.7 Å². The van der Waals surface area contributed by atoms with Crippen molar-refractivity contribution in [2.75, 3.05) is 12.0 Å². The first-order valence-electron chi connectivity index (χ1n) is 9.62. The van der Waals surface area contributed by atoms with Crippen molar-refractivity contribution < 1.29 is 19.1 Å². The van der Waals surface area contributed by atoms with Gasteiger partial charge in [-0.25, -0.2) is 9.78 Å². The number of thiazole rings is 1. The Labute approximate surface area is 178 Å². The number of hydrogen-bond acceptors (Lipinski definition) is 7. The van der Waals surface area contributed by atoms with E-state index in [1.165, 1.54) is 23.3 Å². The summed E-state index contributed by atoms with van der Waals surface area (Å²) in [4.78, 5) is 35.7. The lowest BCUT2D eigenvalue weighted by atomic mass is 10.1. The van der Waals surface area contributed by atoms with E-state index >= 15 is 0 Å². The molecule has 7 nitrogen and oxygen atoms in total. The molecule has 1 aliphatic heterocycles. The molecule has 30 heavy (non-hydrogen) atoms. The van der Waals surface area contributed by atoms with Crippen molar-refractivity contribution in [3.63, 3.8) is 0 Å². The van der Waals surface area contributed by atoms with Crippen LogP contribution in [-0.2, 0) is 14.3 Å². The predicted octanol–water partition coefficient (Wildman–Crippen LogP) is 3.94. The molecule has 0 bridgehead atoms. The molecule has 1 amide bonds. The zero-order chi connectivity index (χ0) is 21.3. The summed E-state index contributed by atoms with van der Waals surface area (Å²) >= 11 is 1.50. The lowest BCUT2D eigenvalue weighted by Gasteiger charge is -2.36. The Morgan fingerprint density at radius 1 is 1.30 bits per heavy atom. The van der Waals surface area contributed by atoms with E-state index in [0.29, 0.717) is 17.9 Å². The summed E-state index contributed by atoms with van der Waals surface area (Å²) in [5.41, 5.74) is 2.92. The van der Waals surface area contributed by atoms with Crippen molar-refractivity contribution in [1.29, 1.82) is 0 Å². The molecular formula is C22H21N3O4S. The maximum absolute atomic E-state index is 13.0. The number of pyridine rings is 1. The minimum Gasteiger partial charge on any atom is -0.478 e. The lowest BCUT2D eigenvalue weighted by molar-refractivity contribution is -0.144. The number of rotatable bonds is 5. The molecule has 1 aliphatic rings. The highest BCUT2D eigenvalue weighted by molar-refractivity contribution is 7.13. The van der Waals surface area contributed by atoms with Crippen LogP contribution in [0, 0.1) is 0 Å². The molecule has 0 aliphatic carbocycles. The molecule has 3 aromatic rings. The first kappa shape index (κ1) is 20.0. The van der Waals surface area contributed by atoms with Crippen molar-refractivity contribution in [1.82, 2.24) is 9.97 Å². The Kier molecular flexibility index (Phi) is 5.50. The molecule has 3 heterocycles. The summed E-state index contributed by atoms with van der Waals surface area (Å²) in [6.45, 7) is 3.53. The predicted molar refractivity (Wildman–Crippen MR) is 114 cm³/mol. The molecule has 1 aromatic carbocycles. The lowest BCUT2D eigenvalue weighted by Crippen LogP contribution is -2.52. The minimum absolute atomic E-state index is 0.257. The molecule has 0 radical (unpaired) electrons. The van der Waals surface area contributed by atoms with Crippen LogP contribution in [0.25, 0.3) is 22.0 Å². The first-order valence-corrected chi connectivity index (χ1v) is 10.5. The highest BCUT2D eigenvalue weighted by Crippen LogP contribution is 2.40. The molecule has 2 atom stereocenters. The number of benzene rings is 1. The zero-order valence-electron chi connectivity index (χ0n) is 16.9. The summed E-state index contributed by atoms with van der Waals surface area (Å²) in [5, 5.41) is 2.75. The Morgan fingerprint density at radius 3 is 2.83 bits per heavy atom. The first-order chi connectivity index (χ1) is 14.5. The van der Waals surface area contributed by atoms with Gasteiger partial charge in [0.05, 0.1) is 24.2 Å². The highest BCUT2D eigenvalue weighted by Gasteiger charge is 2.39. The van der Waals surface area contributed by atoms with Gasteiger partial charge in [0, 0.05) is 17.1 Å². The third-order valence-corrected chi connectivity index (χ3v) is 5.85. The number of ether oxygens (including phenoxy) is 2. The van der Waals surface area contributed by atoms with Gasteiger partial charge in [0.2, 0.25) is 0 Å². The van der Waals surface area contributed by atoms with Gasteiger partial charge in [-0.3, -0.25) is 14.7 Å². The standard InChI is InChI=1S/C22H21N3O4S/c1-4-18-21(26)25(13(2)22(27)28-3)17-11-14(8-9-19(17)29-18)16-12-30-20(24-16)15-7-5-6-10-23-15/h5-13,18H,4H2,1-3H3. The Balaban J connectivity index is 1.75. The number of nitrogens with zero attached hydrogens (tertiary/aromatic N) is 3. The SMILES string of the molecule is CCC1Oc2ccc(-c3csc(-c4ccccn4)n3)cc2N(C(C)C(=O)OC)C1=O. The molecule has 0 N–H and O–H groups in total. The maximum atomic E-state index is 13.0. The Hall–Kier alpha value is -3.26. The average Bonchev–Trinajstić information content (AvgIpc) is 3.28. The molecular weight excluding hydrogens is 402 g/mol. The van der Waals surface area contributed by atoms with Gasteiger partial charge in [0.25, 0.3) is 5.91 Å². The normalized spacial score (nSPS) is 16.6. The van der Waals surface area contributed by atoms with Gasteiger partial charge in [-0.2, -0.15) is 0 Å². The van der Waals surface area contributed by atoms with E-state index in [-0.39, 0.29) is 5.91 Å². The van der Waals surface area contributed by atoms with Crippen LogP contribution in [0.15, 0.2) is 48.0 Å². The molecule has 0 fully saturated rings. The number of methoxy groups -OCH3 is 1. The van der Waals surface area contributed by atoms with Gasteiger partial charge >= 0.3 is 5.97 Å². The monoisotopic (exact) mass is 423 g/mol. The van der Waals surface area contributed by atoms with E-state index in [4.69, 9.17) is 14.5 Å². The summed E-state index contributed by atoms with van der Waals surface area (Å²) in [5.74, 6) is -0.184. The number of fused-ring (bicyclic) bond motifs is 1. The molecule has 154 valence electrons. The summed E-state index contributed by atoms with van der Waals surface area (Å²) < 4.78 is 10.8.